The lowest BCUT2D eigenvalue weighted by Gasteiger charge is -2.12. The summed E-state index contributed by atoms with van der Waals surface area (Å²) in [6.45, 7) is 2.15. The van der Waals surface area contributed by atoms with Gasteiger partial charge in [0.25, 0.3) is 10.0 Å². The molecule has 0 fully saturated rings. The van der Waals surface area contributed by atoms with Gasteiger partial charge in [-0.1, -0.05) is 6.07 Å². The van der Waals surface area contributed by atoms with Gasteiger partial charge >= 0.3 is 5.97 Å². The second-order valence-corrected chi connectivity index (χ2v) is 6.21. The molecule has 9 heteroatoms. The summed E-state index contributed by atoms with van der Waals surface area (Å²) in [5.74, 6) is -1.50. The van der Waals surface area contributed by atoms with Gasteiger partial charge in [-0.05, 0) is 25.1 Å². The summed E-state index contributed by atoms with van der Waals surface area (Å²) in [4.78, 5) is 15.3. The van der Waals surface area contributed by atoms with Crippen LogP contribution >= 0.6 is 0 Å². The molecule has 0 saturated heterocycles. The number of carbonyl (C=O) groups excluding carboxylic acids is 1. The van der Waals surface area contributed by atoms with Gasteiger partial charge in [0.2, 0.25) is 5.88 Å². The van der Waals surface area contributed by atoms with E-state index in [9.17, 15) is 17.6 Å². The van der Waals surface area contributed by atoms with E-state index in [0.717, 1.165) is 19.4 Å². The van der Waals surface area contributed by atoms with Gasteiger partial charge in [-0.3, -0.25) is 4.72 Å². The van der Waals surface area contributed by atoms with Crippen molar-refractivity contribution in [3.8, 4) is 5.88 Å². The van der Waals surface area contributed by atoms with E-state index in [1.807, 2.05) is 0 Å². The molecule has 0 amide bonds. The topological polar surface area (TPSA) is 94.6 Å². The maximum atomic E-state index is 14.0. The fourth-order valence-electron chi connectivity index (χ4n) is 1.86. The van der Waals surface area contributed by atoms with E-state index in [4.69, 9.17) is 4.74 Å². The van der Waals surface area contributed by atoms with Crippen molar-refractivity contribution in [2.45, 2.75) is 11.8 Å². The first-order valence-electron chi connectivity index (χ1n) is 6.87. The van der Waals surface area contributed by atoms with Crippen LogP contribution < -0.4 is 9.46 Å². The highest BCUT2D eigenvalue weighted by molar-refractivity contribution is 7.92. The molecule has 24 heavy (non-hydrogen) atoms. The number of ether oxygens (including phenoxy) is 2. The van der Waals surface area contributed by atoms with Crippen LogP contribution in [-0.4, -0.2) is 33.1 Å². The number of hydrogen-bond acceptors (Lipinski definition) is 6. The number of halogens is 1. The summed E-state index contributed by atoms with van der Waals surface area (Å²) >= 11 is 0. The molecule has 0 radical (unpaired) electrons. The standard InChI is InChI=1S/C15H15FN2O5S/c1-3-23-13-8-7-10(9-17-13)24(20,21)18-14-11(15(19)22-2)5-4-6-12(14)16/h4-9,18H,3H2,1-2H3. The molecular formula is C15H15FN2O5S. The largest absolute Gasteiger partial charge is 0.478 e. The summed E-state index contributed by atoms with van der Waals surface area (Å²) in [5, 5.41) is 0. The number of esters is 1. The average molecular weight is 354 g/mol. The Hall–Kier alpha value is -2.68. The van der Waals surface area contributed by atoms with Crippen molar-refractivity contribution in [1.29, 1.82) is 0 Å². The third kappa shape index (κ3) is 3.80. The smallest absolute Gasteiger partial charge is 0.340 e. The third-order valence-electron chi connectivity index (χ3n) is 2.97. The zero-order chi connectivity index (χ0) is 17.7. The van der Waals surface area contributed by atoms with E-state index >= 15 is 0 Å². The molecule has 0 spiro atoms. The Kier molecular flexibility index (Phi) is 5.35. The lowest BCUT2D eigenvalue weighted by Crippen LogP contribution is -2.17. The lowest BCUT2D eigenvalue weighted by molar-refractivity contribution is 0.0601. The molecule has 128 valence electrons. The van der Waals surface area contributed by atoms with Crippen molar-refractivity contribution in [2.75, 3.05) is 18.4 Å². The Morgan fingerprint density at radius 1 is 1.29 bits per heavy atom. The fraction of sp³-hybridized carbons (Fsp3) is 0.200. The van der Waals surface area contributed by atoms with Gasteiger partial charge in [-0.2, -0.15) is 0 Å². The van der Waals surface area contributed by atoms with E-state index in [2.05, 4.69) is 14.4 Å². The van der Waals surface area contributed by atoms with Crippen LogP contribution in [-0.2, 0) is 14.8 Å². The molecule has 2 rings (SSSR count). The molecule has 1 aromatic carbocycles. The minimum atomic E-state index is -4.15. The number of rotatable bonds is 6. The monoisotopic (exact) mass is 354 g/mol. The Morgan fingerprint density at radius 2 is 2.04 bits per heavy atom. The lowest BCUT2D eigenvalue weighted by atomic mass is 10.2. The average Bonchev–Trinajstić information content (AvgIpc) is 2.56. The summed E-state index contributed by atoms with van der Waals surface area (Å²) < 4.78 is 50.4. The van der Waals surface area contributed by atoms with E-state index in [-0.39, 0.29) is 16.3 Å². The van der Waals surface area contributed by atoms with Crippen LogP contribution in [0, 0.1) is 5.82 Å². The Bertz CT molecular complexity index is 837. The van der Waals surface area contributed by atoms with Crippen molar-refractivity contribution in [3.63, 3.8) is 0 Å². The maximum Gasteiger partial charge on any atom is 0.340 e. The van der Waals surface area contributed by atoms with Crippen LogP contribution in [0.3, 0.4) is 0 Å². The highest BCUT2D eigenvalue weighted by Crippen LogP contribution is 2.24. The minimum absolute atomic E-state index is 0.204. The first-order valence-corrected chi connectivity index (χ1v) is 8.36. The minimum Gasteiger partial charge on any atom is -0.478 e. The summed E-state index contributed by atoms with van der Waals surface area (Å²) in [6.07, 6.45) is 1.08. The number of nitrogens with zero attached hydrogens (tertiary/aromatic N) is 1. The van der Waals surface area contributed by atoms with Crippen molar-refractivity contribution < 1.29 is 27.1 Å². The van der Waals surface area contributed by atoms with Crippen molar-refractivity contribution in [2.24, 2.45) is 0 Å². The number of hydrogen-bond donors (Lipinski definition) is 1. The number of benzene rings is 1. The molecule has 0 atom stereocenters. The number of pyridine rings is 1. The Balaban J connectivity index is 2.37. The number of methoxy groups -OCH3 is 1. The third-order valence-corrected chi connectivity index (χ3v) is 4.30. The van der Waals surface area contributed by atoms with Crippen LogP contribution in [0.2, 0.25) is 0 Å². The number of carbonyl (C=O) groups is 1. The summed E-state index contributed by atoms with van der Waals surface area (Å²) in [6, 6.07) is 6.20. The Labute approximate surface area is 138 Å². The molecular weight excluding hydrogens is 339 g/mol. The summed E-state index contributed by atoms with van der Waals surface area (Å²) in [7, 11) is -3.03. The highest BCUT2D eigenvalue weighted by Gasteiger charge is 2.22. The number of sulfonamides is 1. The van der Waals surface area contributed by atoms with Gasteiger partial charge in [0.15, 0.2) is 0 Å². The number of para-hydroxylation sites is 1. The van der Waals surface area contributed by atoms with Gasteiger partial charge in [0.05, 0.1) is 31.2 Å². The van der Waals surface area contributed by atoms with Crippen LogP contribution in [0.25, 0.3) is 0 Å². The predicted octanol–water partition coefficient (Wildman–Crippen LogP) is 2.21. The van der Waals surface area contributed by atoms with Gasteiger partial charge < -0.3 is 9.47 Å². The number of anilines is 1. The molecule has 1 heterocycles. The van der Waals surface area contributed by atoms with Crippen LogP contribution in [0.1, 0.15) is 17.3 Å². The van der Waals surface area contributed by atoms with Crippen LogP contribution in [0.5, 0.6) is 5.88 Å². The molecule has 1 aromatic heterocycles. The predicted molar refractivity (Wildman–Crippen MR) is 84.0 cm³/mol. The zero-order valence-electron chi connectivity index (χ0n) is 12.9. The maximum absolute atomic E-state index is 14.0. The number of nitrogens with one attached hydrogen (secondary N) is 1. The van der Waals surface area contributed by atoms with E-state index in [1.165, 1.54) is 24.3 Å². The van der Waals surface area contributed by atoms with E-state index < -0.39 is 27.5 Å². The van der Waals surface area contributed by atoms with Gasteiger partial charge in [0, 0.05) is 6.07 Å². The van der Waals surface area contributed by atoms with E-state index in [0.29, 0.717) is 6.61 Å². The van der Waals surface area contributed by atoms with Crippen molar-refractivity contribution in [1.82, 2.24) is 4.98 Å². The highest BCUT2D eigenvalue weighted by atomic mass is 32.2. The van der Waals surface area contributed by atoms with E-state index in [1.54, 1.807) is 6.92 Å². The fourth-order valence-corrected chi connectivity index (χ4v) is 2.89. The quantitative estimate of drug-likeness (QED) is 0.799. The molecule has 7 nitrogen and oxygen atoms in total. The van der Waals surface area contributed by atoms with Gasteiger partial charge in [-0.25, -0.2) is 22.6 Å². The Morgan fingerprint density at radius 3 is 2.62 bits per heavy atom. The second kappa shape index (κ2) is 7.26. The molecule has 2 aromatic rings. The second-order valence-electron chi connectivity index (χ2n) is 4.52. The molecule has 1 N–H and O–H groups in total. The number of aromatic nitrogens is 1. The molecule has 0 unspecified atom stereocenters. The summed E-state index contributed by atoms with van der Waals surface area (Å²) in [5.41, 5.74) is -0.724. The molecule has 0 aliphatic heterocycles. The zero-order valence-corrected chi connectivity index (χ0v) is 13.8. The SMILES string of the molecule is CCOc1ccc(S(=O)(=O)Nc2c(F)cccc2C(=O)OC)cn1. The van der Waals surface area contributed by atoms with Crippen molar-refractivity contribution in [3.05, 3.63) is 47.9 Å². The molecule has 0 aliphatic rings. The van der Waals surface area contributed by atoms with Gasteiger partial charge in [-0.15, -0.1) is 0 Å². The molecule has 0 aliphatic carbocycles. The van der Waals surface area contributed by atoms with Crippen molar-refractivity contribution >= 4 is 21.7 Å². The first kappa shape index (κ1) is 17.7. The molecule has 0 bridgehead atoms. The molecule has 0 saturated carbocycles. The van der Waals surface area contributed by atoms with Crippen LogP contribution in [0.4, 0.5) is 10.1 Å². The van der Waals surface area contributed by atoms with Crippen LogP contribution in [0.15, 0.2) is 41.4 Å². The normalized spacial score (nSPS) is 11.0. The van der Waals surface area contributed by atoms with Gasteiger partial charge in [0.1, 0.15) is 10.7 Å². The first-order chi connectivity index (χ1) is 11.4.